The lowest BCUT2D eigenvalue weighted by molar-refractivity contribution is 0.585. The average molecular weight is 277 g/mol. The standard InChI is InChI=1S/C15H17F2N3/c1-20-15(18)13(11-7-6-10(16)8-12(11)17)14(19-20)9-4-2-3-5-9/h6-9H,2-5,18H2,1H3. The van der Waals surface area contributed by atoms with Crippen molar-refractivity contribution in [1.82, 2.24) is 9.78 Å². The van der Waals surface area contributed by atoms with Gasteiger partial charge in [-0.2, -0.15) is 5.10 Å². The molecule has 1 fully saturated rings. The molecule has 0 unspecified atom stereocenters. The van der Waals surface area contributed by atoms with Crippen LogP contribution in [0, 0.1) is 11.6 Å². The van der Waals surface area contributed by atoms with Gasteiger partial charge in [0.15, 0.2) is 0 Å². The molecule has 0 atom stereocenters. The number of rotatable bonds is 2. The van der Waals surface area contributed by atoms with Crippen molar-refractivity contribution in [3.05, 3.63) is 35.5 Å². The number of aryl methyl sites for hydroxylation is 1. The lowest BCUT2D eigenvalue weighted by Crippen LogP contribution is -1.98. The van der Waals surface area contributed by atoms with Crippen molar-refractivity contribution in [1.29, 1.82) is 0 Å². The van der Waals surface area contributed by atoms with E-state index in [1.54, 1.807) is 11.7 Å². The van der Waals surface area contributed by atoms with E-state index in [1.165, 1.54) is 12.1 Å². The number of hydrogen-bond donors (Lipinski definition) is 1. The molecule has 1 heterocycles. The number of aromatic nitrogens is 2. The van der Waals surface area contributed by atoms with Crippen LogP contribution in [0.3, 0.4) is 0 Å². The summed E-state index contributed by atoms with van der Waals surface area (Å²) in [5.74, 6) is -0.435. The smallest absolute Gasteiger partial charge is 0.134 e. The van der Waals surface area contributed by atoms with Crippen LogP contribution in [0.2, 0.25) is 0 Å². The van der Waals surface area contributed by atoms with E-state index >= 15 is 0 Å². The van der Waals surface area contributed by atoms with Gasteiger partial charge in [0.25, 0.3) is 0 Å². The highest BCUT2D eigenvalue weighted by Gasteiger charge is 2.27. The van der Waals surface area contributed by atoms with Gasteiger partial charge in [-0.05, 0) is 25.0 Å². The number of hydrogen-bond acceptors (Lipinski definition) is 2. The van der Waals surface area contributed by atoms with Gasteiger partial charge in [0.2, 0.25) is 0 Å². The fourth-order valence-corrected chi connectivity index (χ4v) is 3.01. The highest BCUT2D eigenvalue weighted by molar-refractivity contribution is 5.77. The van der Waals surface area contributed by atoms with Crippen LogP contribution >= 0.6 is 0 Å². The molecule has 5 heteroatoms. The monoisotopic (exact) mass is 277 g/mol. The van der Waals surface area contributed by atoms with Crippen LogP contribution in [0.25, 0.3) is 11.1 Å². The van der Waals surface area contributed by atoms with E-state index < -0.39 is 11.6 Å². The van der Waals surface area contributed by atoms with Crippen molar-refractivity contribution in [2.45, 2.75) is 31.6 Å². The largest absolute Gasteiger partial charge is 0.383 e. The molecule has 2 aromatic rings. The van der Waals surface area contributed by atoms with Gasteiger partial charge in [-0.15, -0.1) is 0 Å². The molecule has 2 N–H and O–H groups in total. The molecule has 0 radical (unpaired) electrons. The Morgan fingerprint density at radius 1 is 1.25 bits per heavy atom. The van der Waals surface area contributed by atoms with Crippen molar-refractivity contribution < 1.29 is 8.78 Å². The molecule has 20 heavy (non-hydrogen) atoms. The first kappa shape index (κ1) is 13.1. The molecule has 3 nitrogen and oxygen atoms in total. The third-order valence-corrected chi connectivity index (χ3v) is 4.06. The molecule has 3 rings (SSSR count). The Morgan fingerprint density at radius 2 is 1.95 bits per heavy atom. The predicted octanol–water partition coefficient (Wildman–Crippen LogP) is 3.61. The van der Waals surface area contributed by atoms with Gasteiger partial charge in [0, 0.05) is 24.6 Å². The van der Waals surface area contributed by atoms with Crippen LogP contribution < -0.4 is 5.73 Å². The Morgan fingerprint density at radius 3 is 2.60 bits per heavy atom. The minimum absolute atomic E-state index is 0.318. The average Bonchev–Trinajstić information content (AvgIpc) is 3.01. The number of nitrogen functional groups attached to an aromatic ring is 1. The van der Waals surface area contributed by atoms with Crippen LogP contribution in [0.5, 0.6) is 0 Å². The second kappa shape index (κ2) is 4.89. The summed E-state index contributed by atoms with van der Waals surface area (Å²) in [6.45, 7) is 0. The summed E-state index contributed by atoms with van der Waals surface area (Å²) < 4.78 is 28.7. The minimum atomic E-state index is -0.594. The zero-order chi connectivity index (χ0) is 14.3. The summed E-state index contributed by atoms with van der Waals surface area (Å²) in [6.07, 6.45) is 4.41. The fraction of sp³-hybridized carbons (Fsp3) is 0.400. The van der Waals surface area contributed by atoms with Crippen molar-refractivity contribution in [2.24, 2.45) is 7.05 Å². The molecule has 0 saturated heterocycles. The van der Waals surface area contributed by atoms with Crippen LogP contribution in [-0.2, 0) is 7.05 Å². The first-order chi connectivity index (χ1) is 9.58. The maximum atomic E-state index is 14.1. The van der Waals surface area contributed by atoms with Crippen LogP contribution in [0.4, 0.5) is 14.6 Å². The van der Waals surface area contributed by atoms with Gasteiger partial charge in [-0.25, -0.2) is 8.78 Å². The Balaban J connectivity index is 2.16. The Bertz CT molecular complexity index is 643. The summed E-state index contributed by atoms with van der Waals surface area (Å²) in [5, 5.41) is 4.46. The lowest BCUT2D eigenvalue weighted by Gasteiger charge is -2.10. The van der Waals surface area contributed by atoms with Crippen LogP contribution in [-0.4, -0.2) is 9.78 Å². The highest BCUT2D eigenvalue weighted by Crippen LogP contribution is 2.41. The molecule has 0 aliphatic heterocycles. The summed E-state index contributed by atoms with van der Waals surface area (Å²) in [7, 11) is 1.75. The van der Waals surface area contributed by atoms with E-state index in [1.807, 2.05) is 0 Å². The van der Waals surface area contributed by atoms with E-state index in [4.69, 9.17) is 5.73 Å². The molecule has 1 aliphatic rings. The summed E-state index contributed by atoms with van der Waals surface area (Å²) in [6, 6.07) is 3.58. The van der Waals surface area contributed by atoms with Crippen molar-refractivity contribution in [3.8, 4) is 11.1 Å². The zero-order valence-electron chi connectivity index (χ0n) is 11.4. The molecule has 1 saturated carbocycles. The molecule has 0 bridgehead atoms. The Hall–Kier alpha value is -1.91. The first-order valence-electron chi connectivity index (χ1n) is 6.85. The minimum Gasteiger partial charge on any atom is -0.383 e. The van der Waals surface area contributed by atoms with Crippen molar-refractivity contribution in [2.75, 3.05) is 5.73 Å². The topological polar surface area (TPSA) is 43.8 Å². The van der Waals surface area contributed by atoms with Gasteiger partial charge in [0.05, 0.1) is 11.3 Å². The molecule has 0 spiro atoms. The predicted molar refractivity (Wildman–Crippen MR) is 74.2 cm³/mol. The van der Waals surface area contributed by atoms with Gasteiger partial charge in [0.1, 0.15) is 17.5 Å². The van der Waals surface area contributed by atoms with Crippen molar-refractivity contribution in [3.63, 3.8) is 0 Å². The van der Waals surface area contributed by atoms with E-state index in [-0.39, 0.29) is 0 Å². The van der Waals surface area contributed by atoms with Crippen LogP contribution in [0.15, 0.2) is 18.2 Å². The maximum absolute atomic E-state index is 14.1. The third kappa shape index (κ3) is 2.07. The summed E-state index contributed by atoms with van der Waals surface area (Å²) >= 11 is 0. The Labute approximate surface area is 116 Å². The SMILES string of the molecule is Cn1nc(C2CCCC2)c(-c2ccc(F)cc2F)c1N. The second-order valence-electron chi connectivity index (χ2n) is 5.37. The molecule has 106 valence electrons. The van der Waals surface area contributed by atoms with Gasteiger partial charge >= 0.3 is 0 Å². The summed E-state index contributed by atoms with van der Waals surface area (Å²) in [4.78, 5) is 0. The van der Waals surface area contributed by atoms with Gasteiger partial charge in [-0.1, -0.05) is 12.8 Å². The molecular weight excluding hydrogens is 260 g/mol. The second-order valence-corrected chi connectivity index (χ2v) is 5.37. The van der Waals surface area contributed by atoms with Gasteiger partial charge < -0.3 is 5.73 Å². The molecule has 1 aliphatic carbocycles. The number of halogens is 2. The zero-order valence-corrected chi connectivity index (χ0v) is 11.4. The van der Waals surface area contributed by atoms with Gasteiger partial charge in [-0.3, -0.25) is 4.68 Å². The molecular formula is C15H17F2N3. The van der Waals surface area contributed by atoms with E-state index in [0.717, 1.165) is 37.4 Å². The summed E-state index contributed by atoms with van der Waals surface area (Å²) in [5.41, 5.74) is 7.85. The fourth-order valence-electron chi connectivity index (χ4n) is 3.01. The number of nitrogens with zero attached hydrogens (tertiary/aromatic N) is 2. The maximum Gasteiger partial charge on any atom is 0.134 e. The van der Waals surface area contributed by atoms with E-state index in [9.17, 15) is 8.78 Å². The lowest BCUT2D eigenvalue weighted by atomic mass is 9.95. The number of nitrogens with two attached hydrogens (primary N) is 1. The number of benzene rings is 1. The quantitative estimate of drug-likeness (QED) is 0.911. The first-order valence-corrected chi connectivity index (χ1v) is 6.85. The molecule has 0 amide bonds. The third-order valence-electron chi connectivity index (χ3n) is 4.06. The highest BCUT2D eigenvalue weighted by atomic mass is 19.1. The molecule has 1 aromatic carbocycles. The normalized spacial score (nSPS) is 15.9. The van der Waals surface area contributed by atoms with E-state index in [0.29, 0.717) is 22.9 Å². The van der Waals surface area contributed by atoms with Crippen molar-refractivity contribution >= 4 is 5.82 Å². The number of anilines is 1. The van der Waals surface area contributed by atoms with Crippen LogP contribution in [0.1, 0.15) is 37.3 Å². The Kier molecular flexibility index (Phi) is 3.20. The molecule has 1 aromatic heterocycles. The van der Waals surface area contributed by atoms with E-state index in [2.05, 4.69) is 5.10 Å².